The topological polar surface area (TPSA) is 79.2 Å². The number of aryl methyl sites for hydroxylation is 1. The molecule has 0 aliphatic rings. The number of anilines is 1. The largest absolute Gasteiger partial charge is 0.396 e. The number of aliphatic hydroxyl groups is 1. The molecule has 1 aromatic heterocycles. The molecule has 0 spiro atoms. The van der Waals surface area contributed by atoms with Crippen LogP contribution in [0.25, 0.3) is 0 Å². The maximum absolute atomic E-state index is 11.8. The molecule has 1 rings (SSSR count). The SMILES string of the molecule is CNCCNc1cnn(CCCCCCO)c(=O)c1. The Morgan fingerprint density at radius 2 is 2.05 bits per heavy atom. The van der Waals surface area contributed by atoms with E-state index in [9.17, 15) is 4.79 Å². The smallest absolute Gasteiger partial charge is 0.268 e. The van der Waals surface area contributed by atoms with Gasteiger partial charge in [0.15, 0.2) is 0 Å². The first kappa shape index (κ1) is 15.7. The second-order valence-corrected chi connectivity index (χ2v) is 4.47. The van der Waals surface area contributed by atoms with Gasteiger partial charge in [0.1, 0.15) is 0 Å². The number of aliphatic hydroxyl groups excluding tert-OH is 1. The van der Waals surface area contributed by atoms with Gasteiger partial charge in [-0.2, -0.15) is 5.10 Å². The van der Waals surface area contributed by atoms with E-state index in [4.69, 9.17) is 5.11 Å². The van der Waals surface area contributed by atoms with Gasteiger partial charge in [0.2, 0.25) is 0 Å². The lowest BCUT2D eigenvalue weighted by Crippen LogP contribution is -2.24. The minimum atomic E-state index is -0.0726. The first-order chi connectivity index (χ1) is 9.27. The molecule has 0 aliphatic carbocycles. The Kier molecular flexibility index (Phi) is 7.84. The number of hydrogen-bond acceptors (Lipinski definition) is 5. The fourth-order valence-corrected chi connectivity index (χ4v) is 1.76. The molecule has 0 radical (unpaired) electrons. The van der Waals surface area contributed by atoms with Crippen molar-refractivity contribution in [2.45, 2.75) is 32.2 Å². The molecule has 0 saturated heterocycles. The van der Waals surface area contributed by atoms with Gasteiger partial charge in [-0.15, -0.1) is 0 Å². The lowest BCUT2D eigenvalue weighted by molar-refractivity contribution is 0.282. The zero-order chi connectivity index (χ0) is 13.9. The van der Waals surface area contributed by atoms with Crippen LogP contribution >= 0.6 is 0 Å². The summed E-state index contributed by atoms with van der Waals surface area (Å²) in [4.78, 5) is 11.8. The Labute approximate surface area is 113 Å². The average Bonchev–Trinajstić information content (AvgIpc) is 2.41. The summed E-state index contributed by atoms with van der Waals surface area (Å²) in [5.74, 6) is 0. The normalized spacial score (nSPS) is 10.6. The van der Waals surface area contributed by atoms with Gasteiger partial charge < -0.3 is 15.7 Å². The van der Waals surface area contributed by atoms with Gasteiger partial charge in [-0.05, 0) is 19.9 Å². The highest BCUT2D eigenvalue weighted by molar-refractivity contribution is 5.38. The molecule has 0 bridgehead atoms. The zero-order valence-electron chi connectivity index (χ0n) is 11.6. The van der Waals surface area contributed by atoms with E-state index in [-0.39, 0.29) is 12.2 Å². The molecule has 6 heteroatoms. The van der Waals surface area contributed by atoms with Gasteiger partial charge in [0.05, 0.1) is 11.9 Å². The third kappa shape index (κ3) is 6.35. The van der Waals surface area contributed by atoms with Crippen LogP contribution in [-0.2, 0) is 6.54 Å². The summed E-state index contributed by atoms with van der Waals surface area (Å²) in [6.07, 6.45) is 5.44. The Hall–Kier alpha value is -1.40. The summed E-state index contributed by atoms with van der Waals surface area (Å²) in [5.41, 5.74) is 0.688. The summed E-state index contributed by atoms with van der Waals surface area (Å²) in [7, 11) is 1.88. The molecule has 0 saturated carbocycles. The van der Waals surface area contributed by atoms with E-state index in [2.05, 4.69) is 15.7 Å². The zero-order valence-corrected chi connectivity index (χ0v) is 11.6. The Bertz CT molecular complexity index is 406. The lowest BCUT2D eigenvalue weighted by Gasteiger charge is -2.07. The lowest BCUT2D eigenvalue weighted by atomic mass is 10.2. The van der Waals surface area contributed by atoms with Crippen LogP contribution in [0.5, 0.6) is 0 Å². The molecule has 1 heterocycles. The van der Waals surface area contributed by atoms with Crippen molar-refractivity contribution in [1.29, 1.82) is 0 Å². The molecule has 0 atom stereocenters. The van der Waals surface area contributed by atoms with E-state index in [1.165, 1.54) is 4.68 Å². The van der Waals surface area contributed by atoms with E-state index >= 15 is 0 Å². The Balaban J connectivity index is 2.37. The minimum absolute atomic E-state index is 0.0726. The number of nitrogens with zero attached hydrogens (tertiary/aromatic N) is 2. The van der Waals surface area contributed by atoms with Crippen LogP contribution in [0.3, 0.4) is 0 Å². The third-order valence-electron chi connectivity index (χ3n) is 2.85. The standard InChI is InChI=1S/C13H24N4O2/c1-14-6-7-15-12-10-13(19)17(16-11-12)8-4-2-3-5-9-18/h10-11,14-15,18H,2-9H2,1H3. The van der Waals surface area contributed by atoms with Crippen molar-refractivity contribution in [3.8, 4) is 0 Å². The van der Waals surface area contributed by atoms with E-state index in [0.29, 0.717) is 6.54 Å². The van der Waals surface area contributed by atoms with Gasteiger partial charge >= 0.3 is 0 Å². The van der Waals surface area contributed by atoms with Crippen molar-refractivity contribution >= 4 is 5.69 Å². The fourth-order valence-electron chi connectivity index (χ4n) is 1.76. The minimum Gasteiger partial charge on any atom is -0.396 e. The maximum Gasteiger partial charge on any atom is 0.268 e. The molecular weight excluding hydrogens is 244 g/mol. The average molecular weight is 268 g/mol. The van der Waals surface area contributed by atoms with E-state index in [1.54, 1.807) is 12.3 Å². The van der Waals surface area contributed by atoms with Crippen LogP contribution < -0.4 is 16.2 Å². The van der Waals surface area contributed by atoms with Crippen LogP contribution in [0.1, 0.15) is 25.7 Å². The van der Waals surface area contributed by atoms with Crippen molar-refractivity contribution in [1.82, 2.24) is 15.1 Å². The van der Waals surface area contributed by atoms with Crippen molar-refractivity contribution in [2.75, 3.05) is 32.1 Å². The Morgan fingerprint density at radius 1 is 1.26 bits per heavy atom. The summed E-state index contributed by atoms with van der Waals surface area (Å²) < 4.78 is 1.49. The van der Waals surface area contributed by atoms with Gasteiger partial charge in [0.25, 0.3) is 5.56 Å². The predicted molar refractivity (Wildman–Crippen MR) is 76.5 cm³/mol. The van der Waals surface area contributed by atoms with Gasteiger partial charge in [-0.25, -0.2) is 4.68 Å². The summed E-state index contributed by atoms with van der Waals surface area (Å²) in [6, 6.07) is 1.58. The highest BCUT2D eigenvalue weighted by Gasteiger charge is 1.99. The Morgan fingerprint density at radius 3 is 2.74 bits per heavy atom. The second-order valence-electron chi connectivity index (χ2n) is 4.47. The summed E-state index contributed by atoms with van der Waals surface area (Å²) >= 11 is 0. The van der Waals surface area contributed by atoms with Crippen LogP contribution in [-0.4, -0.2) is 41.6 Å². The molecule has 6 nitrogen and oxygen atoms in total. The van der Waals surface area contributed by atoms with Crippen molar-refractivity contribution < 1.29 is 5.11 Å². The first-order valence-corrected chi connectivity index (χ1v) is 6.84. The summed E-state index contributed by atoms with van der Waals surface area (Å²) in [6.45, 7) is 2.49. The molecular formula is C13H24N4O2. The number of rotatable bonds is 10. The van der Waals surface area contributed by atoms with E-state index in [0.717, 1.165) is 44.5 Å². The van der Waals surface area contributed by atoms with Crippen LogP contribution in [0.2, 0.25) is 0 Å². The molecule has 108 valence electrons. The van der Waals surface area contributed by atoms with Crippen molar-refractivity contribution in [3.63, 3.8) is 0 Å². The fraction of sp³-hybridized carbons (Fsp3) is 0.692. The van der Waals surface area contributed by atoms with Gasteiger partial charge in [-0.3, -0.25) is 4.79 Å². The number of likely N-dealkylation sites (N-methyl/N-ethyl adjacent to an activating group) is 1. The number of unbranched alkanes of at least 4 members (excludes halogenated alkanes) is 3. The second kappa shape index (κ2) is 9.52. The molecule has 0 fully saturated rings. The molecule has 19 heavy (non-hydrogen) atoms. The number of nitrogens with one attached hydrogen (secondary N) is 2. The van der Waals surface area contributed by atoms with Crippen LogP contribution in [0, 0.1) is 0 Å². The molecule has 1 aromatic rings. The van der Waals surface area contributed by atoms with Crippen LogP contribution in [0.4, 0.5) is 5.69 Å². The summed E-state index contributed by atoms with van der Waals surface area (Å²) in [5, 5.41) is 19.0. The highest BCUT2D eigenvalue weighted by Crippen LogP contribution is 2.02. The highest BCUT2D eigenvalue weighted by atomic mass is 16.2. The van der Waals surface area contributed by atoms with Crippen molar-refractivity contribution in [3.05, 3.63) is 22.6 Å². The molecule has 0 unspecified atom stereocenters. The van der Waals surface area contributed by atoms with E-state index in [1.807, 2.05) is 7.05 Å². The first-order valence-electron chi connectivity index (χ1n) is 6.84. The molecule has 3 N–H and O–H groups in total. The maximum atomic E-state index is 11.8. The molecule has 0 aromatic carbocycles. The van der Waals surface area contributed by atoms with Crippen molar-refractivity contribution in [2.24, 2.45) is 0 Å². The quantitative estimate of drug-likeness (QED) is 0.536. The van der Waals surface area contributed by atoms with Gasteiger partial charge in [-0.1, -0.05) is 12.8 Å². The predicted octanol–water partition coefficient (Wildman–Crippen LogP) is 0.427. The monoisotopic (exact) mass is 268 g/mol. The molecule has 0 aliphatic heterocycles. The molecule has 0 amide bonds. The number of hydrogen-bond donors (Lipinski definition) is 3. The van der Waals surface area contributed by atoms with Crippen LogP contribution in [0.15, 0.2) is 17.1 Å². The number of aromatic nitrogens is 2. The van der Waals surface area contributed by atoms with Gasteiger partial charge in [0, 0.05) is 32.3 Å². The third-order valence-corrected chi connectivity index (χ3v) is 2.85. The van der Waals surface area contributed by atoms with E-state index < -0.39 is 0 Å².